The Bertz CT molecular complexity index is 890. The van der Waals surface area contributed by atoms with Crippen LogP contribution >= 0.6 is 0 Å². The quantitative estimate of drug-likeness (QED) is 0.663. The molecule has 2 aromatic heterocycles. The zero-order chi connectivity index (χ0) is 16.4. The maximum absolute atomic E-state index is 11.7. The van der Waals surface area contributed by atoms with E-state index in [-0.39, 0.29) is 6.61 Å². The number of fused-ring (bicyclic) bond motifs is 4. The number of cyclic esters (lactones) is 1. The van der Waals surface area contributed by atoms with E-state index in [2.05, 4.69) is 20.5 Å². The van der Waals surface area contributed by atoms with Crippen LogP contribution in [0.15, 0.2) is 36.7 Å². The summed E-state index contributed by atoms with van der Waals surface area (Å²) in [6.45, 7) is 1.17. The van der Waals surface area contributed by atoms with Crippen molar-refractivity contribution < 1.29 is 14.3 Å². The van der Waals surface area contributed by atoms with Gasteiger partial charge >= 0.3 is 6.09 Å². The minimum absolute atomic E-state index is 0.163. The number of carbonyl (C=O) groups excluding carboxylic acids is 1. The monoisotopic (exact) mass is 324 g/mol. The van der Waals surface area contributed by atoms with Gasteiger partial charge in [0.2, 0.25) is 0 Å². The lowest BCUT2D eigenvalue weighted by molar-refractivity contribution is 0.139. The van der Waals surface area contributed by atoms with Crippen molar-refractivity contribution >= 4 is 17.0 Å². The number of hydrogen-bond donors (Lipinski definition) is 2. The summed E-state index contributed by atoms with van der Waals surface area (Å²) >= 11 is 0. The van der Waals surface area contributed by atoms with Gasteiger partial charge in [-0.2, -0.15) is 5.10 Å². The summed E-state index contributed by atoms with van der Waals surface area (Å²) in [5.74, 6) is 0.770. The highest BCUT2D eigenvalue weighted by Gasteiger charge is 2.12. The summed E-state index contributed by atoms with van der Waals surface area (Å²) in [7, 11) is 0. The fraction of sp³-hybridized carbons (Fsp3) is 0.235. The van der Waals surface area contributed by atoms with E-state index in [0.717, 1.165) is 33.5 Å². The molecule has 1 aromatic carbocycles. The predicted octanol–water partition coefficient (Wildman–Crippen LogP) is 2.63. The van der Waals surface area contributed by atoms with Crippen molar-refractivity contribution in [2.75, 3.05) is 13.2 Å². The molecule has 0 radical (unpaired) electrons. The van der Waals surface area contributed by atoms with E-state index in [9.17, 15) is 4.79 Å². The Labute approximate surface area is 138 Å². The third kappa shape index (κ3) is 2.88. The van der Waals surface area contributed by atoms with Gasteiger partial charge in [-0.15, -0.1) is 0 Å². The molecule has 1 aliphatic rings. The van der Waals surface area contributed by atoms with Crippen LogP contribution in [0.25, 0.3) is 22.2 Å². The molecule has 0 saturated heterocycles. The van der Waals surface area contributed by atoms with Gasteiger partial charge in [0.1, 0.15) is 18.1 Å². The topological polar surface area (TPSA) is 89.1 Å². The van der Waals surface area contributed by atoms with E-state index in [1.54, 1.807) is 12.4 Å². The summed E-state index contributed by atoms with van der Waals surface area (Å²) in [6.07, 6.45) is 3.67. The Morgan fingerprint density at radius 3 is 3.04 bits per heavy atom. The summed E-state index contributed by atoms with van der Waals surface area (Å²) in [5.41, 5.74) is 3.39. The third-order valence-electron chi connectivity index (χ3n) is 3.83. The summed E-state index contributed by atoms with van der Waals surface area (Å²) in [6, 6.07) is 7.73. The molecule has 1 amide bonds. The number of alkyl carbamates (subject to hydrolysis) is 1. The molecular weight excluding hydrogens is 308 g/mol. The maximum Gasteiger partial charge on any atom is 0.407 e. The number of benzene rings is 1. The molecule has 0 spiro atoms. The molecule has 0 aliphatic carbocycles. The fourth-order valence-corrected chi connectivity index (χ4v) is 2.65. The second-order valence-corrected chi connectivity index (χ2v) is 5.57. The van der Waals surface area contributed by atoms with Crippen molar-refractivity contribution in [1.29, 1.82) is 0 Å². The Balaban J connectivity index is 1.78. The molecule has 24 heavy (non-hydrogen) atoms. The standard InChI is InChI=1S/C17H16N4O3/c22-17-19-4-1-5-23-13-2-3-15-14(7-13)16(21-20-15)12-6-11(10-24-17)8-18-9-12/h2-3,6-9H,1,4-5,10H2,(H,19,22)(H,20,21). The van der Waals surface area contributed by atoms with Crippen LogP contribution in [0.2, 0.25) is 0 Å². The van der Waals surface area contributed by atoms with Gasteiger partial charge < -0.3 is 14.8 Å². The average molecular weight is 324 g/mol. The number of amides is 1. The van der Waals surface area contributed by atoms with Gasteiger partial charge in [0.15, 0.2) is 0 Å². The Morgan fingerprint density at radius 1 is 1.12 bits per heavy atom. The first-order valence-electron chi connectivity index (χ1n) is 7.75. The Hall–Kier alpha value is -3.09. The second kappa shape index (κ2) is 6.19. The summed E-state index contributed by atoms with van der Waals surface area (Å²) < 4.78 is 11.0. The van der Waals surface area contributed by atoms with Crippen LogP contribution < -0.4 is 10.1 Å². The predicted molar refractivity (Wildman–Crippen MR) is 87.6 cm³/mol. The largest absolute Gasteiger partial charge is 0.494 e. The number of aromatic nitrogens is 3. The number of pyridine rings is 1. The first-order chi connectivity index (χ1) is 11.8. The molecule has 4 rings (SSSR count). The molecule has 0 unspecified atom stereocenters. The molecule has 7 heteroatoms. The van der Waals surface area contributed by atoms with Gasteiger partial charge in [0.05, 0.1) is 12.1 Å². The third-order valence-corrected chi connectivity index (χ3v) is 3.83. The number of rotatable bonds is 0. The maximum atomic E-state index is 11.7. The molecule has 2 N–H and O–H groups in total. The van der Waals surface area contributed by atoms with Crippen LogP contribution in [0.5, 0.6) is 5.75 Å². The molecule has 122 valence electrons. The van der Waals surface area contributed by atoms with Crippen LogP contribution in [-0.2, 0) is 11.3 Å². The molecule has 1 aliphatic heterocycles. The van der Waals surface area contributed by atoms with E-state index in [1.165, 1.54) is 0 Å². The fourth-order valence-electron chi connectivity index (χ4n) is 2.65. The first kappa shape index (κ1) is 14.5. The van der Waals surface area contributed by atoms with Crippen LogP contribution in [0.1, 0.15) is 12.0 Å². The lowest BCUT2D eigenvalue weighted by Gasteiger charge is -2.08. The zero-order valence-electron chi connectivity index (χ0n) is 12.9. The molecule has 7 nitrogen and oxygen atoms in total. The Morgan fingerprint density at radius 2 is 2.08 bits per heavy atom. The molecule has 0 saturated carbocycles. The molecule has 3 aromatic rings. The van der Waals surface area contributed by atoms with Crippen LogP contribution in [0, 0.1) is 0 Å². The SMILES string of the molecule is O=C1NCCCOc2ccc3[nH]nc(c3c2)-c2cncc(c2)CO1. The van der Waals surface area contributed by atoms with Gasteiger partial charge in [-0.1, -0.05) is 0 Å². The molecular formula is C17H16N4O3. The van der Waals surface area contributed by atoms with E-state index < -0.39 is 6.09 Å². The molecule has 3 heterocycles. The van der Waals surface area contributed by atoms with E-state index in [4.69, 9.17) is 9.47 Å². The minimum Gasteiger partial charge on any atom is -0.494 e. The zero-order valence-corrected chi connectivity index (χ0v) is 12.9. The molecule has 0 atom stereocenters. The van der Waals surface area contributed by atoms with Crippen molar-refractivity contribution in [3.05, 3.63) is 42.2 Å². The normalized spacial score (nSPS) is 15.1. The first-order valence-corrected chi connectivity index (χ1v) is 7.75. The lowest BCUT2D eigenvalue weighted by atomic mass is 10.1. The van der Waals surface area contributed by atoms with Crippen LogP contribution in [0.4, 0.5) is 4.79 Å². The number of nitrogens with one attached hydrogen (secondary N) is 2. The highest BCUT2D eigenvalue weighted by molar-refractivity contribution is 5.93. The number of hydrogen-bond acceptors (Lipinski definition) is 5. The van der Waals surface area contributed by atoms with E-state index in [0.29, 0.717) is 19.6 Å². The number of nitrogens with zero attached hydrogens (tertiary/aromatic N) is 2. The van der Waals surface area contributed by atoms with Crippen molar-refractivity contribution in [1.82, 2.24) is 20.5 Å². The average Bonchev–Trinajstić information content (AvgIpc) is 3.02. The number of ether oxygens (including phenoxy) is 2. The number of H-pyrrole nitrogens is 1. The summed E-state index contributed by atoms with van der Waals surface area (Å²) in [5, 5.41) is 11.1. The smallest absolute Gasteiger partial charge is 0.407 e. The van der Waals surface area contributed by atoms with Crippen molar-refractivity contribution in [2.45, 2.75) is 13.0 Å². The number of aromatic amines is 1. The second-order valence-electron chi connectivity index (χ2n) is 5.57. The minimum atomic E-state index is -0.446. The highest BCUT2D eigenvalue weighted by Crippen LogP contribution is 2.29. The lowest BCUT2D eigenvalue weighted by Crippen LogP contribution is -2.26. The van der Waals surface area contributed by atoms with Crippen LogP contribution in [-0.4, -0.2) is 34.4 Å². The number of carbonyl (C=O) groups is 1. The highest BCUT2D eigenvalue weighted by atomic mass is 16.5. The van der Waals surface area contributed by atoms with Crippen molar-refractivity contribution in [3.8, 4) is 17.0 Å². The van der Waals surface area contributed by atoms with E-state index >= 15 is 0 Å². The van der Waals surface area contributed by atoms with Crippen LogP contribution in [0.3, 0.4) is 0 Å². The van der Waals surface area contributed by atoms with Gasteiger partial charge in [-0.3, -0.25) is 10.1 Å². The van der Waals surface area contributed by atoms with Gasteiger partial charge in [-0.05, 0) is 30.7 Å². The van der Waals surface area contributed by atoms with E-state index in [1.807, 2.05) is 24.3 Å². The Kier molecular flexibility index (Phi) is 3.74. The molecule has 4 bridgehead atoms. The van der Waals surface area contributed by atoms with Crippen molar-refractivity contribution in [3.63, 3.8) is 0 Å². The van der Waals surface area contributed by atoms with Crippen molar-refractivity contribution in [2.24, 2.45) is 0 Å². The van der Waals surface area contributed by atoms with Gasteiger partial charge in [0, 0.05) is 35.5 Å². The molecule has 0 fully saturated rings. The summed E-state index contributed by atoms with van der Waals surface area (Å²) in [4.78, 5) is 15.9. The van der Waals surface area contributed by atoms with Gasteiger partial charge in [-0.25, -0.2) is 4.79 Å². The van der Waals surface area contributed by atoms with Gasteiger partial charge in [0.25, 0.3) is 0 Å².